The SMILES string of the molecule is CCCc1ccccc1F.CCN. The molecule has 0 amide bonds. The van der Waals surface area contributed by atoms with E-state index in [2.05, 4.69) is 0 Å². The van der Waals surface area contributed by atoms with Crippen molar-refractivity contribution in [2.24, 2.45) is 5.73 Å². The number of halogens is 1. The van der Waals surface area contributed by atoms with E-state index in [-0.39, 0.29) is 5.82 Å². The normalized spacial score (nSPS) is 8.92. The van der Waals surface area contributed by atoms with Gasteiger partial charge in [0.15, 0.2) is 0 Å². The van der Waals surface area contributed by atoms with E-state index in [1.165, 1.54) is 6.07 Å². The monoisotopic (exact) mass is 183 g/mol. The third-order valence-corrected chi connectivity index (χ3v) is 1.48. The van der Waals surface area contributed by atoms with Crippen molar-refractivity contribution in [2.45, 2.75) is 26.7 Å². The standard InChI is InChI=1S/C9H11F.C2H7N/c1-2-5-8-6-3-4-7-9(8)10;1-2-3/h3-4,6-7H,2,5H2,1H3;2-3H2,1H3. The zero-order chi connectivity index (χ0) is 10.1. The Hall–Kier alpha value is -0.890. The molecule has 0 fully saturated rings. The minimum absolute atomic E-state index is 0.0793. The van der Waals surface area contributed by atoms with Crippen molar-refractivity contribution in [2.75, 3.05) is 6.54 Å². The average Bonchev–Trinajstić information content (AvgIpc) is 2.11. The number of rotatable bonds is 2. The maximum atomic E-state index is 12.8. The molecule has 0 aliphatic rings. The second kappa shape index (κ2) is 7.74. The lowest BCUT2D eigenvalue weighted by Crippen LogP contribution is -1.87. The van der Waals surface area contributed by atoms with Crippen LogP contribution in [0.5, 0.6) is 0 Å². The van der Waals surface area contributed by atoms with Gasteiger partial charge in [-0.1, -0.05) is 38.5 Å². The highest BCUT2D eigenvalue weighted by molar-refractivity contribution is 5.16. The van der Waals surface area contributed by atoms with Gasteiger partial charge < -0.3 is 5.73 Å². The Balaban J connectivity index is 0.000000424. The van der Waals surface area contributed by atoms with Crippen molar-refractivity contribution in [3.63, 3.8) is 0 Å². The van der Waals surface area contributed by atoms with Crippen LogP contribution < -0.4 is 5.73 Å². The molecule has 0 saturated carbocycles. The maximum absolute atomic E-state index is 12.8. The zero-order valence-corrected chi connectivity index (χ0v) is 8.39. The molecule has 1 aromatic rings. The fourth-order valence-corrected chi connectivity index (χ4v) is 0.970. The summed E-state index contributed by atoms with van der Waals surface area (Å²) in [5.41, 5.74) is 5.67. The molecule has 74 valence electrons. The van der Waals surface area contributed by atoms with Crippen molar-refractivity contribution in [1.29, 1.82) is 0 Å². The Kier molecular flexibility index (Phi) is 7.21. The van der Waals surface area contributed by atoms with Gasteiger partial charge in [0.25, 0.3) is 0 Å². The molecule has 0 aliphatic heterocycles. The van der Waals surface area contributed by atoms with Crippen LogP contribution in [-0.2, 0) is 6.42 Å². The molecular weight excluding hydrogens is 165 g/mol. The van der Waals surface area contributed by atoms with Gasteiger partial charge in [-0.3, -0.25) is 0 Å². The van der Waals surface area contributed by atoms with Crippen molar-refractivity contribution in [3.05, 3.63) is 35.6 Å². The molecule has 0 unspecified atom stereocenters. The predicted molar refractivity (Wildman–Crippen MR) is 55.1 cm³/mol. The molecule has 0 atom stereocenters. The first-order chi connectivity index (χ1) is 6.26. The minimum Gasteiger partial charge on any atom is -0.331 e. The van der Waals surface area contributed by atoms with E-state index in [1.807, 2.05) is 26.0 Å². The van der Waals surface area contributed by atoms with Crippen molar-refractivity contribution >= 4 is 0 Å². The molecule has 0 heterocycles. The average molecular weight is 183 g/mol. The van der Waals surface area contributed by atoms with Gasteiger partial charge in [-0.15, -0.1) is 0 Å². The lowest BCUT2D eigenvalue weighted by molar-refractivity contribution is 0.607. The first-order valence-electron chi connectivity index (χ1n) is 4.69. The Morgan fingerprint density at radius 1 is 1.23 bits per heavy atom. The van der Waals surface area contributed by atoms with E-state index < -0.39 is 0 Å². The molecular formula is C11H18FN. The van der Waals surface area contributed by atoms with E-state index in [1.54, 1.807) is 6.07 Å². The van der Waals surface area contributed by atoms with Gasteiger partial charge in [0.1, 0.15) is 5.82 Å². The first-order valence-corrected chi connectivity index (χ1v) is 4.69. The lowest BCUT2D eigenvalue weighted by Gasteiger charge is -1.97. The number of hydrogen-bond donors (Lipinski definition) is 1. The number of benzene rings is 1. The van der Waals surface area contributed by atoms with Crippen LogP contribution in [0.1, 0.15) is 25.8 Å². The molecule has 2 heteroatoms. The van der Waals surface area contributed by atoms with Gasteiger partial charge in [-0.25, -0.2) is 4.39 Å². The predicted octanol–water partition coefficient (Wildman–Crippen LogP) is 2.74. The summed E-state index contributed by atoms with van der Waals surface area (Å²) in [4.78, 5) is 0. The van der Waals surface area contributed by atoms with E-state index >= 15 is 0 Å². The summed E-state index contributed by atoms with van der Waals surface area (Å²) in [5, 5.41) is 0. The number of aryl methyl sites for hydroxylation is 1. The summed E-state index contributed by atoms with van der Waals surface area (Å²) in [5.74, 6) is -0.0793. The highest BCUT2D eigenvalue weighted by Gasteiger charge is 1.96. The molecule has 0 spiro atoms. The summed E-state index contributed by atoms with van der Waals surface area (Å²) in [7, 11) is 0. The summed E-state index contributed by atoms with van der Waals surface area (Å²) >= 11 is 0. The summed E-state index contributed by atoms with van der Waals surface area (Å²) in [6.45, 7) is 4.70. The highest BCUT2D eigenvalue weighted by Crippen LogP contribution is 2.07. The van der Waals surface area contributed by atoms with E-state index in [0.717, 1.165) is 24.9 Å². The quantitative estimate of drug-likeness (QED) is 0.749. The second-order valence-electron chi connectivity index (χ2n) is 2.75. The maximum Gasteiger partial charge on any atom is 0.126 e. The van der Waals surface area contributed by atoms with Crippen LogP contribution >= 0.6 is 0 Å². The molecule has 0 saturated heterocycles. The van der Waals surface area contributed by atoms with Crippen LogP contribution in [0, 0.1) is 5.82 Å². The number of nitrogens with two attached hydrogens (primary N) is 1. The van der Waals surface area contributed by atoms with E-state index in [0.29, 0.717) is 0 Å². The summed E-state index contributed by atoms with van der Waals surface area (Å²) < 4.78 is 12.8. The van der Waals surface area contributed by atoms with Crippen LogP contribution in [0.4, 0.5) is 4.39 Å². The molecule has 0 aliphatic carbocycles. The Bertz CT molecular complexity index is 223. The molecule has 0 aromatic heterocycles. The molecule has 2 N–H and O–H groups in total. The van der Waals surface area contributed by atoms with Crippen LogP contribution in [0.3, 0.4) is 0 Å². The summed E-state index contributed by atoms with van der Waals surface area (Å²) in [6.07, 6.45) is 1.84. The largest absolute Gasteiger partial charge is 0.331 e. The molecule has 1 rings (SSSR count). The molecule has 13 heavy (non-hydrogen) atoms. The van der Waals surface area contributed by atoms with Crippen LogP contribution in [0.25, 0.3) is 0 Å². The van der Waals surface area contributed by atoms with Gasteiger partial charge in [0.05, 0.1) is 0 Å². The lowest BCUT2D eigenvalue weighted by atomic mass is 10.1. The Morgan fingerprint density at radius 2 is 1.77 bits per heavy atom. The fraction of sp³-hybridized carbons (Fsp3) is 0.455. The van der Waals surface area contributed by atoms with Gasteiger partial charge in [-0.2, -0.15) is 0 Å². The molecule has 1 aromatic carbocycles. The van der Waals surface area contributed by atoms with Crippen molar-refractivity contribution in [1.82, 2.24) is 0 Å². The highest BCUT2D eigenvalue weighted by atomic mass is 19.1. The third kappa shape index (κ3) is 5.36. The molecule has 0 bridgehead atoms. The fourth-order valence-electron chi connectivity index (χ4n) is 0.970. The van der Waals surface area contributed by atoms with Gasteiger partial charge in [0, 0.05) is 0 Å². The summed E-state index contributed by atoms with van der Waals surface area (Å²) in [6, 6.07) is 6.92. The Labute approximate surface area is 79.8 Å². The van der Waals surface area contributed by atoms with Gasteiger partial charge >= 0.3 is 0 Å². The number of hydrogen-bond acceptors (Lipinski definition) is 1. The van der Waals surface area contributed by atoms with E-state index in [9.17, 15) is 4.39 Å². The van der Waals surface area contributed by atoms with Crippen LogP contribution in [-0.4, -0.2) is 6.54 Å². The van der Waals surface area contributed by atoms with Crippen LogP contribution in [0.2, 0.25) is 0 Å². The second-order valence-corrected chi connectivity index (χ2v) is 2.75. The van der Waals surface area contributed by atoms with Crippen molar-refractivity contribution < 1.29 is 4.39 Å². The van der Waals surface area contributed by atoms with Crippen LogP contribution in [0.15, 0.2) is 24.3 Å². The van der Waals surface area contributed by atoms with Crippen molar-refractivity contribution in [3.8, 4) is 0 Å². The smallest absolute Gasteiger partial charge is 0.126 e. The third-order valence-electron chi connectivity index (χ3n) is 1.48. The molecule has 1 nitrogen and oxygen atoms in total. The Morgan fingerprint density at radius 3 is 2.23 bits per heavy atom. The topological polar surface area (TPSA) is 26.0 Å². The zero-order valence-electron chi connectivity index (χ0n) is 8.39. The minimum atomic E-state index is -0.0793. The van der Waals surface area contributed by atoms with Gasteiger partial charge in [0.2, 0.25) is 0 Å². The first kappa shape index (κ1) is 12.1. The van der Waals surface area contributed by atoms with E-state index in [4.69, 9.17) is 5.73 Å². The molecule has 0 radical (unpaired) electrons. The van der Waals surface area contributed by atoms with Gasteiger partial charge in [-0.05, 0) is 24.6 Å².